The Bertz CT molecular complexity index is 2190. The van der Waals surface area contributed by atoms with Gasteiger partial charge >= 0.3 is 11.7 Å². The van der Waals surface area contributed by atoms with E-state index in [4.69, 9.17) is 17.2 Å². The average Bonchev–Trinajstić information content (AvgIpc) is 3.71. The number of nitrogens with zero attached hydrogens (tertiary/aromatic N) is 2. The highest BCUT2D eigenvalue weighted by atomic mass is 33.1. The Morgan fingerprint density at radius 3 is 2.06 bits per heavy atom. The number of nitro groups is 1. The van der Waals surface area contributed by atoms with Crippen molar-refractivity contribution in [1.29, 1.82) is 0 Å². The molecule has 65 heavy (non-hydrogen) atoms. The maximum absolute atomic E-state index is 14.0. The van der Waals surface area contributed by atoms with Crippen LogP contribution in [0.1, 0.15) is 36.3 Å². The van der Waals surface area contributed by atoms with E-state index < -0.39 is 150 Å². The van der Waals surface area contributed by atoms with Gasteiger partial charge in [-0.2, -0.15) is 0 Å². The molecular weight excluding hydrogens is 899 g/mol. The lowest BCUT2D eigenvalue weighted by molar-refractivity contribution is -0.385. The van der Waals surface area contributed by atoms with Gasteiger partial charge < -0.3 is 64.2 Å². The predicted molar refractivity (Wildman–Crippen MR) is 230 cm³/mol. The fourth-order valence-electron chi connectivity index (χ4n) is 6.66. The Morgan fingerprint density at radius 2 is 1.42 bits per heavy atom. The van der Waals surface area contributed by atoms with E-state index in [0.717, 1.165) is 44.2 Å². The third kappa shape index (κ3) is 15.1. The number of fused-ring (bicyclic) bond motifs is 1. The summed E-state index contributed by atoms with van der Waals surface area (Å²) in [5, 5.41) is 44.8. The largest absolute Gasteiger partial charge is 0.502 e. The molecule has 0 spiro atoms. The molecule has 0 aromatic heterocycles. The number of benzene rings is 2. The molecule has 25 nitrogen and oxygen atoms in total. The Kier molecular flexibility index (Phi) is 18.4. The number of carbonyl (C=O) groups is 10. The number of carboxylic acids is 1. The summed E-state index contributed by atoms with van der Waals surface area (Å²) in [6.45, 7) is -1.74. The number of amides is 9. The van der Waals surface area contributed by atoms with Gasteiger partial charge in [-0.1, -0.05) is 58.0 Å². The number of carboxylic acid groups (broad SMARTS) is 1. The van der Waals surface area contributed by atoms with E-state index in [2.05, 4.69) is 31.9 Å². The third-order valence-electron chi connectivity index (χ3n) is 9.97. The van der Waals surface area contributed by atoms with Crippen LogP contribution < -0.4 is 49.1 Å². The summed E-state index contributed by atoms with van der Waals surface area (Å²) >= 11 is 0. The number of hydrogen-bond donors (Lipinski definition) is 11. The monoisotopic (exact) mass is 945 g/mol. The highest BCUT2D eigenvalue weighted by Gasteiger charge is 2.42. The summed E-state index contributed by atoms with van der Waals surface area (Å²) in [7, 11) is 1.86. The molecule has 4 rings (SSSR count). The fourth-order valence-corrected chi connectivity index (χ4v) is 8.96. The maximum atomic E-state index is 14.0. The van der Waals surface area contributed by atoms with Crippen LogP contribution >= 0.6 is 21.6 Å². The molecule has 350 valence electrons. The minimum absolute atomic E-state index is 0.00966. The van der Waals surface area contributed by atoms with Crippen molar-refractivity contribution < 1.29 is 63.1 Å². The summed E-state index contributed by atoms with van der Waals surface area (Å²) in [5.41, 5.74) is 17.0. The number of phenolic OH excluding ortho intramolecular Hbond substituents is 1. The molecule has 2 aliphatic heterocycles. The number of nitrogens with two attached hydrogens (primary N) is 3. The topological polar surface area (TPSA) is 408 Å². The first-order chi connectivity index (χ1) is 30.7. The van der Waals surface area contributed by atoms with E-state index in [1.54, 1.807) is 30.3 Å². The summed E-state index contributed by atoms with van der Waals surface area (Å²) in [4.78, 5) is 142. The van der Waals surface area contributed by atoms with Crippen LogP contribution in [0, 0.1) is 10.1 Å². The van der Waals surface area contributed by atoms with Crippen molar-refractivity contribution in [2.75, 3.05) is 31.1 Å². The van der Waals surface area contributed by atoms with Crippen LogP contribution in [0.25, 0.3) is 0 Å². The predicted octanol–water partition coefficient (Wildman–Crippen LogP) is -4.04. The molecule has 2 saturated heterocycles. The molecule has 2 fully saturated rings. The van der Waals surface area contributed by atoms with Crippen LogP contribution in [0.15, 0.2) is 48.5 Å². The summed E-state index contributed by atoms with van der Waals surface area (Å²) in [6, 6.07) is 2.80. The van der Waals surface area contributed by atoms with E-state index in [9.17, 15) is 68.3 Å². The summed E-state index contributed by atoms with van der Waals surface area (Å²) in [5.74, 6) is -12.1. The van der Waals surface area contributed by atoms with Gasteiger partial charge in [0.15, 0.2) is 5.75 Å². The van der Waals surface area contributed by atoms with Crippen molar-refractivity contribution in [3.8, 4) is 5.75 Å². The van der Waals surface area contributed by atoms with E-state index in [-0.39, 0.29) is 30.0 Å². The lowest BCUT2D eigenvalue weighted by atomic mass is 9.96. The van der Waals surface area contributed by atoms with Gasteiger partial charge in [0.1, 0.15) is 30.2 Å². The number of phenols is 1. The molecule has 0 radical (unpaired) electrons. The average molecular weight is 946 g/mol. The number of carbonyl (C=O) groups excluding carboxylic acids is 9. The minimum Gasteiger partial charge on any atom is -0.502 e. The van der Waals surface area contributed by atoms with Gasteiger partial charge in [-0.05, 0) is 23.6 Å². The second-order valence-corrected chi connectivity index (χ2v) is 17.3. The van der Waals surface area contributed by atoms with Crippen molar-refractivity contribution in [3.05, 3.63) is 69.8 Å². The van der Waals surface area contributed by atoms with E-state index in [0.29, 0.717) is 0 Å². The van der Waals surface area contributed by atoms with Crippen molar-refractivity contribution in [2.24, 2.45) is 17.2 Å². The number of nitro benzene ring substituents is 1. The quantitative estimate of drug-likeness (QED) is 0.0647. The number of nitrogens with one attached hydrogen (secondary N) is 6. The molecule has 7 atom stereocenters. The lowest BCUT2D eigenvalue weighted by Gasteiger charge is -2.27. The highest BCUT2D eigenvalue weighted by molar-refractivity contribution is 8.76. The van der Waals surface area contributed by atoms with Crippen molar-refractivity contribution in [1.82, 2.24) is 36.8 Å². The van der Waals surface area contributed by atoms with Crippen LogP contribution in [-0.2, 0) is 54.4 Å². The summed E-state index contributed by atoms with van der Waals surface area (Å²) in [6.07, 6.45) is -2.16. The zero-order valence-corrected chi connectivity index (χ0v) is 35.9. The van der Waals surface area contributed by atoms with Crippen LogP contribution in [-0.4, -0.2) is 147 Å². The highest BCUT2D eigenvalue weighted by Crippen LogP contribution is 2.32. The van der Waals surface area contributed by atoms with Gasteiger partial charge in [0.2, 0.25) is 53.2 Å². The molecule has 0 bridgehead atoms. The van der Waals surface area contributed by atoms with E-state index >= 15 is 0 Å². The Hall–Kier alpha value is -7.00. The van der Waals surface area contributed by atoms with Gasteiger partial charge in [-0.3, -0.25) is 58.1 Å². The van der Waals surface area contributed by atoms with Crippen molar-refractivity contribution >= 4 is 86.4 Å². The minimum atomic E-state index is -1.75. The standard InChI is InChI=1S/C38H47N11O14S2/c39-21-16-64-65-17-25(33(41)56)47-37(60)23(11-29(40)51)46-38(61)27-10-20(19-4-2-1-3-5-19)15-48(27)31(53)14-43-35(58)22(8-18-6-7-28(50)26(9-18)49(62)63)44-30(52)13-42-36(59)24(12-32(54)55)45-34(21)57/h1-7,9,20-25,27,50H,8,10-17,39H2,(H2,40,51)(H2,41,56)(H,42,59)(H,43,58)(H,44,52)(H,45,57)(H,46,61)(H,47,60)(H,54,55)/t20-,21-,22+,23+,24-,25-,27+/m1/s1. The molecule has 14 N–H and O–H groups in total. The number of aliphatic carboxylic acids is 1. The number of primary amides is 2. The SMILES string of the molecule is NC(=O)C[C@@H]1NC(=O)[C@@H]2C[C@@H](c3ccccc3)CN2C(=O)CNC(=O)[C@H](Cc2ccc(O)c([N+](=O)[O-])c2)NC(=O)CNC(=O)[C@@H](CC(=O)O)NC(=O)[C@H](N)CSSC[C@H](C(N)=O)NC1=O. The van der Waals surface area contributed by atoms with Crippen LogP contribution in [0.3, 0.4) is 0 Å². The lowest BCUT2D eigenvalue weighted by Crippen LogP contribution is -2.58. The zero-order chi connectivity index (χ0) is 48.0. The molecular formula is C38H47N11O14S2. The molecule has 2 aromatic carbocycles. The number of rotatable bonds is 9. The van der Waals surface area contributed by atoms with Crippen molar-refractivity contribution in [3.63, 3.8) is 0 Å². The Morgan fingerprint density at radius 1 is 0.785 bits per heavy atom. The molecule has 9 amide bonds. The van der Waals surface area contributed by atoms with E-state index in [1.165, 1.54) is 6.07 Å². The molecule has 2 aromatic rings. The van der Waals surface area contributed by atoms with Crippen LogP contribution in [0.5, 0.6) is 5.75 Å². The molecule has 0 unspecified atom stereocenters. The Labute approximate surface area is 377 Å². The number of hydrogen-bond acceptors (Lipinski definition) is 16. The van der Waals surface area contributed by atoms with Crippen molar-refractivity contribution in [2.45, 2.75) is 67.9 Å². The first kappa shape index (κ1) is 50.6. The van der Waals surface area contributed by atoms with Crippen LogP contribution in [0.2, 0.25) is 0 Å². The van der Waals surface area contributed by atoms with E-state index in [1.807, 2.05) is 0 Å². The molecule has 27 heteroatoms. The van der Waals surface area contributed by atoms with Gasteiger partial charge in [0, 0.05) is 36.5 Å². The molecule has 2 heterocycles. The van der Waals surface area contributed by atoms with Gasteiger partial charge in [-0.25, -0.2) is 0 Å². The smallest absolute Gasteiger partial charge is 0.310 e. The normalized spacial score (nSPS) is 24.8. The third-order valence-corrected chi connectivity index (χ3v) is 12.4. The molecule has 2 aliphatic rings. The maximum Gasteiger partial charge on any atom is 0.310 e. The summed E-state index contributed by atoms with van der Waals surface area (Å²) < 4.78 is 0. The van der Waals surface area contributed by atoms with Gasteiger partial charge in [0.25, 0.3) is 0 Å². The fraction of sp³-hybridized carbons (Fsp3) is 0.421. The van der Waals surface area contributed by atoms with Gasteiger partial charge in [0.05, 0.1) is 36.9 Å². The Balaban J connectivity index is 1.69. The second kappa shape index (κ2) is 23.6. The number of aromatic hydroxyl groups is 1. The second-order valence-electron chi connectivity index (χ2n) is 14.8. The van der Waals surface area contributed by atoms with Gasteiger partial charge in [-0.15, -0.1) is 0 Å². The first-order valence-corrected chi connectivity index (χ1v) is 22.1. The molecule has 0 aliphatic carbocycles. The first-order valence-electron chi connectivity index (χ1n) is 19.6. The zero-order valence-electron chi connectivity index (χ0n) is 34.3. The van der Waals surface area contributed by atoms with Crippen LogP contribution in [0.4, 0.5) is 5.69 Å². The molecule has 0 saturated carbocycles.